The molecule has 27 heavy (non-hydrogen) atoms. The highest BCUT2D eigenvalue weighted by Gasteiger charge is 2.22. The van der Waals surface area contributed by atoms with Crippen LogP contribution in [0.2, 0.25) is 0 Å². The molecule has 0 spiro atoms. The van der Waals surface area contributed by atoms with Crippen molar-refractivity contribution in [3.05, 3.63) is 53.6 Å². The molecule has 1 aliphatic heterocycles. The SMILES string of the molecule is CCc1ccc(O[C@@H](CC)C(=O)N[C@@H](C)c2ccc3c(c2)OCCO3)cc1. The van der Waals surface area contributed by atoms with Gasteiger partial charge in [0.2, 0.25) is 0 Å². The van der Waals surface area contributed by atoms with Crippen LogP contribution in [0.15, 0.2) is 42.5 Å². The molecule has 0 unspecified atom stereocenters. The van der Waals surface area contributed by atoms with Gasteiger partial charge in [0, 0.05) is 0 Å². The number of benzene rings is 2. The summed E-state index contributed by atoms with van der Waals surface area (Å²) in [5, 5.41) is 3.04. The highest BCUT2D eigenvalue weighted by atomic mass is 16.6. The van der Waals surface area contributed by atoms with Gasteiger partial charge in [-0.25, -0.2) is 0 Å². The first-order chi connectivity index (χ1) is 13.1. The lowest BCUT2D eigenvalue weighted by atomic mass is 10.1. The number of carbonyl (C=O) groups excluding carboxylic acids is 1. The van der Waals surface area contributed by atoms with Gasteiger partial charge in [-0.2, -0.15) is 0 Å². The van der Waals surface area contributed by atoms with Crippen molar-refractivity contribution in [2.75, 3.05) is 13.2 Å². The van der Waals surface area contributed by atoms with Crippen LogP contribution in [-0.2, 0) is 11.2 Å². The molecule has 144 valence electrons. The van der Waals surface area contributed by atoms with Crippen molar-refractivity contribution in [3.63, 3.8) is 0 Å². The second kappa shape index (κ2) is 8.80. The molecule has 1 aliphatic rings. The summed E-state index contributed by atoms with van der Waals surface area (Å²) in [6.45, 7) is 7.11. The Balaban J connectivity index is 1.63. The number of aryl methyl sites for hydroxylation is 1. The van der Waals surface area contributed by atoms with Gasteiger partial charge in [0.1, 0.15) is 19.0 Å². The van der Waals surface area contributed by atoms with E-state index in [2.05, 4.69) is 12.2 Å². The quantitative estimate of drug-likeness (QED) is 0.800. The van der Waals surface area contributed by atoms with E-state index >= 15 is 0 Å². The molecule has 0 saturated carbocycles. The largest absolute Gasteiger partial charge is 0.486 e. The second-order valence-corrected chi connectivity index (χ2v) is 6.65. The van der Waals surface area contributed by atoms with Crippen LogP contribution in [-0.4, -0.2) is 25.2 Å². The summed E-state index contributed by atoms with van der Waals surface area (Å²) in [5.74, 6) is 2.05. The summed E-state index contributed by atoms with van der Waals surface area (Å²) < 4.78 is 17.1. The van der Waals surface area contributed by atoms with E-state index in [0.717, 1.165) is 23.5 Å². The zero-order chi connectivity index (χ0) is 19.2. The van der Waals surface area contributed by atoms with Crippen LogP contribution in [0.3, 0.4) is 0 Å². The molecule has 0 fully saturated rings. The third-order valence-corrected chi connectivity index (χ3v) is 4.70. The van der Waals surface area contributed by atoms with Crippen molar-refractivity contribution in [3.8, 4) is 17.2 Å². The van der Waals surface area contributed by atoms with E-state index in [4.69, 9.17) is 14.2 Å². The molecule has 1 N–H and O–H groups in total. The summed E-state index contributed by atoms with van der Waals surface area (Å²) in [5.41, 5.74) is 2.21. The van der Waals surface area contributed by atoms with Crippen molar-refractivity contribution >= 4 is 5.91 Å². The van der Waals surface area contributed by atoms with E-state index in [1.165, 1.54) is 5.56 Å². The highest BCUT2D eigenvalue weighted by Crippen LogP contribution is 2.32. The average Bonchev–Trinajstić information content (AvgIpc) is 2.71. The fourth-order valence-electron chi connectivity index (χ4n) is 3.01. The van der Waals surface area contributed by atoms with Crippen LogP contribution in [0.1, 0.15) is 44.4 Å². The summed E-state index contributed by atoms with van der Waals surface area (Å²) in [7, 11) is 0. The number of hydrogen-bond acceptors (Lipinski definition) is 4. The fourth-order valence-corrected chi connectivity index (χ4v) is 3.01. The Bertz CT molecular complexity index is 772. The number of nitrogens with one attached hydrogen (secondary N) is 1. The van der Waals surface area contributed by atoms with Gasteiger partial charge < -0.3 is 19.5 Å². The molecule has 1 amide bonds. The molecule has 1 heterocycles. The number of hydrogen-bond donors (Lipinski definition) is 1. The molecule has 5 nitrogen and oxygen atoms in total. The number of amides is 1. The third-order valence-electron chi connectivity index (χ3n) is 4.70. The molecule has 0 saturated heterocycles. The first kappa shape index (κ1) is 19.1. The Morgan fingerprint density at radius 1 is 1.07 bits per heavy atom. The smallest absolute Gasteiger partial charge is 0.261 e. The van der Waals surface area contributed by atoms with Crippen LogP contribution < -0.4 is 19.5 Å². The first-order valence-corrected chi connectivity index (χ1v) is 9.56. The molecule has 0 aliphatic carbocycles. The molecule has 3 rings (SSSR count). The molecule has 2 atom stereocenters. The highest BCUT2D eigenvalue weighted by molar-refractivity contribution is 5.81. The zero-order valence-electron chi connectivity index (χ0n) is 16.2. The fraction of sp³-hybridized carbons (Fsp3) is 0.409. The van der Waals surface area contributed by atoms with Crippen molar-refractivity contribution in [1.82, 2.24) is 5.32 Å². The molecule has 2 aromatic carbocycles. The Labute approximate surface area is 160 Å². The van der Waals surface area contributed by atoms with E-state index in [1.807, 2.05) is 56.3 Å². The standard InChI is InChI=1S/C22H27NO4/c1-4-16-6-9-18(10-7-16)27-19(5-2)22(24)23-15(3)17-8-11-20-21(14-17)26-13-12-25-20/h6-11,14-15,19H,4-5,12-13H2,1-3H3,(H,23,24)/t15-,19-/m0/s1. The Kier molecular flexibility index (Phi) is 6.22. The molecule has 5 heteroatoms. The van der Waals surface area contributed by atoms with E-state index in [1.54, 1.807) is 0 Å². The van der Waals surface area contributed by atoms with Gasteiger partial charge in [0.25, 0.3) is 5.91 Å². The van der Waals surface area contributed by atoms with E-state index in [9.17, 15) is 4.79 Å². The Hall–Kier alpha value is -2.69. The van der Waals surface area contributed by atoms with Crippen LogP contribution in [0, 0.1) is 0 Å². The minimum atomic E-state index is -0.530. The molecule has 0 bridgehead atoms. The molecule has 0 aromatic heterocycles. The summed E-state index contributed by atoms with van der Waals surface area (Å²) in [6, 6.07) is 13.5. The number of ether oxygens (including phenoxy) is 3. The van der Waals surface area contributed by atoms with E-state index < -0.39 is 6.10 Å². The molecular weight excluding hydrogens is 342 g/mol. The van der Waals surface area contributed by atoms with Crippen LogP contribution in [0.25, 0.3) is 0 Å². The van der Waals surface area contributed by atoms with Gasteiger partial charge in [0.05, 0.1) is 6.04 Å². The van der Waals surface area contributed by atoms with Crippen LogP contribution >= 0.6 is 0 Å². The molecule has 2 aromatic rings. The minimum absolute atomic E-state index is 0.126. The normalized spacial score (nSPS) is 14.9. The zero-order valence-corrected chi connectivity index (χ0v) is 16.2. The van der Waals surface area contributed by atoms with Crippen molar-refractivity contribution < 1.29 is 19.0 Å². The van der Waals surface area contributed by atoms with Gasteiger partial charge in [-0.3, -0.25) is 4.79 Å². The van der Waals surface area contributed by atoms with Gasteiger partial charge in [-0.15, -0.1) is 0 Å². The first-order valence-electron chi connectivity index (χ1n) is 9.56. The Morgan fingerprint density at radius 2 is 1.78 bits per heavy atom. The van der Waals surface area contributed by atoms with Crippen LogP contribution in [0.5, 0.6) is 17.2 Å². The summed E-state index contributed by atoms with van der Waals surface area (Å²) >= 11 is 0. The van der Waals surface area contributed by atoms with Gasteiger partial charge in [-0.1, -0.05) is 32.0 Å². The predicted octanol–water partition coefficient (Wildman–Crippen LogP) is 4.06. The monoisotopic (exact) mass is 369 g/mol. The number of fused-ring (bicyclic) bond motifs is 1. The van der Waals surface area contributed by atoms with Gasteiger partial charge >= 0.3 is 0 Å². The topological polar surface area (TPSA) is 56.8 Å². The minimum Gasteiger partial charge on any atom is -0.486 e. The summed E-state index contributed by atoms with van der Waals surface area (Å²) in [4.78, 5) is 12.7. The maximum absolute atomic E-state index is 12.7. The number of rotatable bonds is 7. The number of carbonyl (C=O) groups is 1. The van der Waals surface area contributed by atoms with Crippen molar-refractivity contribution in [1.29, 1.82) is 0 Å². The average molecular weight is 369 g/mol. The third kappa shape index (κ3) is 4.73. The molecule has 0 radical (unpaired) electrons. The van der Waals surface area contributed by atoms with E-state index in [-0.39, 0.29) is 11.9 Å². The lowest BCUT2D eigenvalue weighted by molar-refractivity contribution is -0.128. The second-order valence-electron chi connectivity index (χ2n) is 6.65. The van der Waals surface area contributed by atoms with E-state index in [0.29, 0.717) is 25.4 Å². The van der Waals surface area contributed by atoms with Gasteiger partial charge in [-0.05, 0) is 55.2 Å². The lowest BCUT2D eigenvalue weighted by Gasteiger charge is -2.23. The predicted molar refractivity (Wildman–Crippen MR) is 105 cm³/mol. The maximum atomic E-state index is 12.7. The summed E-state index contributed by atoms with van der Waals surface area (Å²) in [6.07, 6.45) is 1.04. The van der Waals surface area contributed by atoms with Crippen LogP contribution in [0.4, 0.5) is 0 Å². The van der Waals surface area contributed by atoms with Crippen molar-refractivity contribution in [2.45, 2.75) is 45.8 Å². The van der Waals surface area contributed by atoms with Gasteiger partial charge in [0.15, 0.2) is 17.6 Å². The lowest BCUT2D eigenvalue weighted by Crippen LogP contribution is -2.39. The maximum Gasteiger partial charge on any atom is 0.261 e. The Morgan fingerprint density at radius 3 is 2.44 bits per heavy atom. The van der Waals surface area contributed by atoms with Crippen molar-refractivity contribution in [2.24, 2.45) is 0 Å². The molecular formula is C22H27NO4.